The van der Waals surface area contributed by atoms with Crippen LogP contribution in [0.25, 0.3) is 0 Å². The molecule has 3 atom stereocenters. The van der Waals surface area contributed by atoms with Crippen molar-refractivity contribution in [2.75, 3.05) is 0 Å². The fraction of sp³-hybridized carbons (Fsp3) is 0.667. The zero-order chi connectivity index (χ0) is 14.0. The average Bonchev–Trinajstić information content (AvgIpc) is 2.38. The molecule has 106 valence electrons. The van der Waals surface area contributed by atoms with Crippen LogP contribution in [0, 0.1) is 5.92 Å². The van der Waals surface area contributed by atoms with Crippen molar-refractivity contribution in [3.8, 4) is 0 Å². The normalized spacial score (nSPS) is 26.2. The molecule has 1 aromatic rings. The summed E-state index contributed by atoms with van der Waals surface area (Å²) in [6, 6.07) is 9.61. The topological polar surface area (TPSA) is 26.0 Å². The molecule has 0 saturated heterocycles. The Morgan fingerprint density at radius 3 is 2.16 bits per heavy atom. The van der Waals surface area contributed by atoms with Gasteiger partial charge in [0.25, 0.3) is 0 Å². The molecule has 19 heavy (non-hydrogen) atoms. The minimum Gasteiger partial charge on any atom is -0.328 e. The minimum atomic E-state index is 0.242. The molecule has 0 heterocycles. The predicted molar refractivity (Wildman–Crippen MR) is 83.5 cm³/mol. The Kier molecular flexibility index (Phi) is 4.35. The van der Waals surface area contributed by atoms with Gasteiger partial charge in [0.15, 0.2) is 0 Å². The van der Waals surface area contributed by atoms with Crippen LogP contribution in [0.2, 0.25) is 0 Å². The third kappa shape index (κ3) is 3.39. The number of nitrogens with two attached hydrogens (primary N) is 1. The maximum atomic E-state index is 6.19. The minimum absolute atomic E-state index is 0.242. The summed E-state index contributed by atoms with van der Waals surface area (Å²) in [6.07, 6.45) is 5.31. The first kappa shape index (κ1) is 14.6. The van der Waals surface area contributed by atoms with E-state index in [4.69, 9.17) is 5.73 Å². The second-order valence-electron chi connectivity index (χ2n) is 7.29. The molecule has 2 N–H and O–H groups in total. The zero-order valence-corrected chi connectivity index (χ0v) is 12.9. The molecule has 3 unspecified atom stereocenters. The second kappa shape index (κ2) is 5.66. The van der Waals surface area contributed by atoms with Gasteiger partial charge in [-0.3, -0.25) is 0 Å². The van der Waals surface area contributed by atoms with Crippen LogP contribution in [0.15, 0.2) is 24.3 Å². The molecule has 0 spiro atoms. The molecule has 1 aromatic carbocycles. The smallest absolute Gasteiger partial charge is 0.00446 e. The molecule has 1 fully saturated rings. The van der Waals surface area contributed by atoms with Crippen molar-refractivity contribution in [1.82, 2.24) is 0 Å². The van der Waals surface area contributed by atoms with Crippen LogP contribution in [-0.2, 0) is 5.41 Å². The highest BCUT2D eigenvalue weighted by molar-refractivity contribution is 5.30. The Labute approximate surface area is 118 Å². The van der Waals surface area contributed by atoms with Gasteiger partial charge in [0.2, 0.25) is 0 Å². The molecule has 1 aliphatic carbocycles. The molecule has 1 aliphatic rings. The lowest BCUT2D eigenvalue weighted by atomic mass is 9.72. The van der Waals surface area contributed by atoms with E-state index in [0.717, 1.165) is 0 Å². The van der Waals surface area contributed by atoms with Crippen LogP contribution in [0.4, 0.5) is 0 Å². The fourth-order valence-electron chi connectivity index (χ4n) is 3.43. The molecule has 0 bridgehead atoms. The lowest BCUT2D eigenvalue weighted by Gasteiger charge is -2.35. The van der Waals surface area contributed by atoms with Crippen molar-refractivity contribution in [3.05, 3.63) is 35.4 Å². The van der Waals surface area contributed by atoms with E-state index >= 15 is 0 Å². The average molecular weight is 259 g/mol. The molecule has 0 aliphatic heterocycles. The molecular formula is C18H29N. The summed E-state index contributed by atoms with van der Waals surface area (Å²) in [5.41, 5.74) is 9.35. The molecular weight excluding hydrogens is 230 g/mol. The maximum absolute atomic E-state index is 6.19. The lowest BCUT2D eigenvalue weighted by molar-refractivity contribution is 0.271. The summed E-state index contributed by atoms with van der Waals surface area (Å²) in [6.45, 7) is 8.99. The monoisotopic (exact) mass is 259 g/mol. The van der Waals surface area contributed by atoms with E-state index in [0.29, 0.717) is 17.9 Å². The van der Waals surface area contributed by atoms with Crippen molar-refractivity contribution in [3.63, 3.8) is 0 Å². The Morgan fingerprint density at radius 2 is 1.63 bits per heavy atom. The van der Waals surface area contributed by atoms with Crippen LogP contribution in [0.1, 0.15) is 70.4 Å². The van der Waals surface area contributed by atoms with E-state index in [2.05, 4.69) is 52.0 Å². The Balaban J connectivity index is 2.20. The van der Waals surface area contributed by atoms with Crippen molar-refractivity contribution >= 4 is 0 Å². The van der Waals surface area contributed by atoms with Gasteiger partial charge in [-0.25, -0.2) is 0 Å². The lowest BCUT2D eigenvalue weighted by Crippen LogP contribution is -2.33. The Morgan fingerprint density at radius 1 is 1.05 bits per heavy atom. The number of hydrogen-bond donors (Lipinski definition) is 1. The quantitative estimate of drug-likeness (QED) is 0.825. The first-order valence-corrected chi connectivity index (χ1v) is 7.75. The summed E-state index contributed by atoms with van der Waals surface area (Å²) >= 11 is 0. The standard InChI is InChI=1S/C18H29N/c1-13(19)16-7-5-6-8-17(16)14-9-11-15(12-10-14)18(2,3)4/h9-13,16-17H,5-8,19H2,1-4H3. The molecule has 2 rings (SSSR count). The van der Waals surface area contributed by atoms with Gasteiger partial charge in [0.05, 0.1) is 0 Å². The summed E-state index contributed by atoms with van der Waals surface area (Å²) in [5.74, 6) is 1.33. The summed E-state index contributed by atoms with van der Waals surface area (Å²) in [5, 5.41) is 0. The first-order valence-electron chi connectivity index (χ1n) is 7.75. The molecule has 0 amide bonds. The van der Waals surface area contributed by atoms with Gasteiger partial charge in [-0.15, -0.1) is 0 Å². The van der Waals surface area contributed by atoms with Gasteiger partial charge in [0.1, 0.15) is 0 Å². The van der Waals surface area contributed by atoms with Crippen LogP contribution in [0.3, 0.4) is 0 Å². The molecule has 0 radical (unpaired) electrons. The second-order valence-corrected chi connectivity index (χ2v) is 7.29. The van der Waals surface area contributed by atoms with Crippen molar-refractivity contribution in [2.24, 2.45) is 11.7 Å². The van der Waals surface area contributed by atoms with Crippen LogP contribution in [0.5, 0.6) is 0 Å². The van der Waals surface area contributed by atoms with E-state index in [1.165, 1.54) is 36.8 Å². The highest BCUT2D eigenvalue weighted by atomic mass is 14.6. The summed E-state index contributed by atoms with van der Waals surface area (Å²) in [7, 11) is 0. The Bertz CT molecular complexity index is 397. The van der Waals surface area contributed by atoms with E-state index in [1.807, 2.05) is 0 Å². The van der Waals surface area contributed by atoms with Crippen molar-refractivity contribution < 1.29 is 0 Å². The van der Waals surface area contributed by atoms with Gasteiger partial charge >= 0.3 is 0 Å². The third-order valence-electron chi connectivity index (χ3n) is 4.70. The van der Waals surface area contributed by atoms with E-state index in [1.54, 1.807) is 0 Å². The van der Waals surface area contributed by atoms with Crippen molar-refractivity contribution in [2.45, 2.75) is 70.8 Å². The van der Waals surface area contributed by atoms with Crippen LogP contribution < -0.4 is 5.73 Å². The summed E-state index contributed by atoms with van der Waals surface area (Å²) in [4.78, 5) is 0. The van der Waals surface area contributed by atoms with Gasteiger partial charge in [-0.2, -0.15) is 0 Å². The number of hydrogen-bond acceptors (Lipinski definition) is 1. The largest absolute Gasteiger partial charge is 0.328 e. The highest BCUT2D eigenvalue weighted by Gasteiger charge is 2.29. The fourth-order valence-corrected chi connectivity index (χ4v) is 3.43. The number of rotatable bonds is 2. The Hall–Kier alpha value is -0.820. The van der Waals surface area contributed by atoms with Crippen LogP contribution >= 0.6 is 0 Å². The van der Waals surface area contributed by atoms with E-state index in [9.17, 15) is 0 Å². The molecule has 1 nitrogen and oxygen atoms in total. The first-order chi connectivity index (χ1) is 8.89. The van der Waals surface area contributed by atoms with Gasteiger partial charge in [-0.05, 0) is 48.1 Å². The SMILES string of the molecule is CC(N)C1CCCCC1c1ccc(C(C)(C)C)cc1. The summed E-state index contributed by atoms with van der Waals surface area (Å²) < 4.78 is 0. The molecule has 1 saturated carbocycles. The predicted octanol–water partition coefficient (Wildman–Crippen LogP) is 4.61. The zero-order valence-electron chi connectivity index (χ0n) is 12.9. The van der Waals surface area contributed by atoms with E-state index in [-0.39, 0.29) is 5.41 Å². The maximum Gasteiger partial charge on any atom is 0.00446 e. The van der Waals surface area contributed by atoms with E-state index < -0.39 is 0 Å². The van der Waals surface area contributed by atoms with Gasteiger partial charge < -0.3 is 5.73 Å². The number of benzene rings is 1. The van der Waals surface area contributed by atoms with Gasteiger partial charge in [-0.1, -0.05) is 57.9 Å². The van der Waals surface area contributed by atoms with Crippen LogP contribution in [-0.4, -0.2) is 6.04 Å². The third-order valence-corrected chi connectivity index (χ3v) is 4.70. The van der Waals surface area contributed by atoms with Gasteiger partial charge in [0, 0.05) is 6.04 Å². The molecule has 1 heteroatoms. The molecule has 0 aromatic heterocycles. The van der Waals surface area contributed by atoms with Crippen molar-refractivity contribution in [1.29, 1.82) is 0 Å². The highest BCUT2D eigenvalue weighted by Crippen LogP contribution is 2.39.